The molecular weight excluding hydrogens is 709 g/mol. The van der Waals surface area contributed by atoms with Crippen molar-refractivity contribution >= 4 is 34.4 Å². The first-order valence-corrected chi connectivity index (χ1v) is 19.9. The number of ether oxygens (including phenoxy) is 1. The molecule has 0 bridgehead atoms. The Labute approximate surface area is 333 Å². The molecule has 0 saturated heterocycles. The van der Waals surface area contributed by atoms with Crippen LogP contribution >= 0.6 is 0 Å². The number of anilines is 2. The maximum atomic E-state index is 14.8. The Kier molecular flexibility index (Phi) is 9.32. The van der Waals surface area contributed by atoms with Crippen LogP contribution in [0.4, 0.5) is 11.4 Å². The van der Waals surface area contributed by atoms with Gasteiger partial charge in [-0.15, -0.1) is 5.10 Å². The van der Waals surface area contributed by atoms with Gasteiger partial charge >= 0.3 is 0 Å². The van der Waals surface area contributed by atoms with Gasteiger partial charge in [-0.25, -0.2) is 9.69 Å². The Hall–Kier alpha value is -6.68. The molecule has 286 valence electrons. The third-order valence-corrected chi connectivity index (χ3v) is 11.5. The normalized spacial score (nSPS) is 13.9. The molecule has 0 unspecified atom stereocenters. The predicted molar refractivity (Wildman–Crippen MR) is 227 cm³/mol. The van der Waals surface area contributed by atoms with Crippen molar-refractivity contribution in [3.63, 3.8) is 0 Å². The van der Waals surface area contributed by atoms with E-state index in [2.05, 4.69) is 125 Å². The fourth-order valence-electron chi connectivity index (χ4n) is 8.71. The summed E-state index contributed by atoms with van der Waals surface area (Å²) >= 11 is 0. The Balaban J connectivity index is 1.16. The fourth-order valence-corrected chi connectivity index (χ4v) is 8.71. The number of rotatable bonds is 12. The minimum Gasteiger partial charge on any atom is -0.456 e. The third kappa shape index (κ3) is 6.03. The highest BCUT2D eigenvalue weighted by Gasteiger charge is 2.57. The first-order chi connectivity index (χ1) is 28.0. The average molecular weight is 755 g/mol. The summed E-state index contributed by atoms with van der Waals surface area (Å²) in [7, 11) is 0. The standard InChI is InChI=1S/C47H46N8O2/c1-5-51(6-2)36-22-24-41-44(26-36)57-45-27-37(52(7-3)8-4)23-25-42(45)47(41)40-20-14-12-19-39(40)46(56)55(47)48-28-34-30-53(43-21-15-13-18-38(34)43)31-35-32-54(50-49-35)29-33-16-10-9-11-17-33/h9-28,30,32H,5-8,29,31H2,1-4H3/b48-28+. The van der Waals surface area contributed by atoms with E-state index in [1.807, 2.05) is 65.6 Å². The summed E-state index contributed by atoms with van der Waals surface area (Å²) in [5.41, 5.74) is 8.25. The molecule has 57 heavy (non-hydrogen) atoms. The van der Waals surface area contributed by atoms with Gasteiger partial charge in [-0.05, 0) is 57.5 Å². The Bertz CT molecular complexity index is 2560. The highest BCUT2D eigenvalue weighted by Crippen LogP contribution is 2.58. The number of amides is 1. The summed E-state index contributed by atoms with van der Waals surface area (Å²) < 4.78 is 10.9. The van der Waals surface area contributed by atoms with E-state index in [1.54, 1.807) is 5.01 Å². The number of para-hydroxylation sites is 1. The number of carbonyl (C=O) groups excluding carboxylic acids is 1. The molecule has 0 aliphatic carbocycles. The van der Waals surface area contributed by atoms with E-state index in [9.17, 15) is 4.79 Å². The number of carbonyl (C=O) groups is 1. The van der Waals surface area contributed by atoms with E-state index in [0.717, 1.165) is 76.4 Å². The van der Waals surface area contributed by atoms with Crippen LogP contribution in [0.5, 0.6) is 11.5 Å². The van der Waals surface area contributed by atoms with Crippen molar-refractivity contribution in [2.45, 2.75) is 46.3 Å². The Morgan fingerprint density at radius 1 is 0.702 bits per heavy atom. The van der Waals surface area contributed by atoms with Crippen molar-refractivity contribution in [1.29, 1.82) is 0 Å². The molecule has 0 saturated carbocycles. The number of hydrogen-bond acceptors (Lipinski definition) is 7. The summed E-state index contributed by atoms with van der Waals surface area (Å²) in [5, 5.41) is 16.8. The second kappa shape index (κ2) is 14.8. The molecule has 0 N–H and O–H groups in total. The van der Waals surface area contributed by atoms with Crippen LogP contribution < -0.4 is 14.5 Å². The zero-order valence-electron chi connectivity index (χ0n) is 32.8. The molecule has 2 aromatic heterocycles. The monoisotopic (exact) mass is 754 g/mol. The van der Waals surface area contributed by atoms with Crippen molar-refractivity contribution in [2.24, 2.45) is 5.10 Å². The number of hydrazone groups is 1. The summed E-state index contributed by atoms with van der Waals surface area (Å²) in [5.74, 6) is 1.26. The SMILES string of the molecule is CCN(CC)c1ccc2c(c1)Oc1cc(N(CC)CC)ccc1C21c2ccccc2C(=O)N1/N=C/c1cn(Cc2cn(Cc3ccccc3)nn2)c2ccccc12. The van der Waals surface area contributed by atoms with Crippen molar-refractivity contribution in [3.05, 3.63) is 167 Å². The molecule has 0 radical (unpaired) electrons. The molecule has 10 heteroatoms. The number of hydrogen-bond donors (Lipinski definition) is 0. The zero-order chi connectivity index (χ0) is 39.1. The molecule has 2 aliphatic heterocycles. The molecule has 4 heterocycles. The van der Waals surface area contributed by atoms with Crippen LogP contribution in [0.2, 0.25) is 0 Å². The minimum absolute atomic E-state index is 0.167. The molecule has 10 nitrogen and oxygen atoms in total. The summed E-state index contributed by atoms with van der Waals surface area (Å²) in [6.07, 6.45) is 5.92. The Morgan fingerprint density at radius 2 is 1.33 bits per heavy atom. The molecule has 0 fully saturated rings. The first-order valence-electron chi connectivity index (χ1n) is 19.9. The predicted octanol–water partition coefficient (Wildman–Crippen LogP) is 8.91. The molecule has 5 aromatic carbocycles. The van der Waals surface area contributed by atoms with Crippen LogP contribution in [-0.4, -0.2) is 62.9 Å². The molecule has 0 atom stereocenters. The highest BCUT2D eigenvalue weighted by atomic mass is 16.5. The quantitative estimate of drug-likeness (QED) is 0.116. The van der Waals surface area contributed by atoms with Crippen molar-refractivity contribution < 1.29 is 9.53 Å². The van der Waals surface area contributed by atoms with Gasteiger partial charge in [0.2, 0.25) is 0 Å². The van der Waals surface area contributed by atoms with E-state index < -0.39 is 5.54 Å². The van der Waals surface area contributed by atoms with Gasteiger partial charge in [0.25, 0.3) is 5.91 Å². The maximum absolute atomic E-state index is 14.8. The second-order valence-electron chi connectivity index (χ2n) is 14.5. The number of benzene rings is 5. The summed E-state index contributed by atoms with van der Waals surface area (Å²) in [6.45, 7) is 13.3. The first kappa shape index (κ1) is 36.0. The lowest BCUT2D eigenvalue weighted by molar-refractivity contribution is 0.0675. The third-order valence-electron chi connectivity index (χ3n) is 11.5. The number of fused-ring (bicyclic) bond motifs is 7. The molecule has 2 aliphatic rings. The van der Waals surface area contributed by atoms with Gasteiger partial charge in [0.05, 0.1) is 25.5 Å². The van der Waals surface area contributed by atoms with Gasteiger partial charge in [0, 0.05) is 94.6 Å². The van der Waals surface area contributed by atoms with Crippen LogP contribution in [0.25, 0.3) is 10.9 Å². The molecular formula is C47H46N8O2. The lowest BCUT2D eigenvalue weighted by atomic mass is 9.75. The van der Waals surface area contributed by atoms with E-state index in [-0.39, 0.29) is 5.91 Å². The maximum Gasteiger partial charge on any atom is 0.275 e. The zero-order valence-corrected chi connectivity index (χ0v) is 32.8. The second-order valence-corrected chi connectivity index (χ2v) is 14.5. The van der Waals surface area contributed by atoms with Gasteiger partial charge in [0.1, 0.15) is 22.7 Å². The minimum atomic E-state index is -1.08. The van der Waals surface area contributed by atoms with Crippen molar-refractivity contribution in [2.75, 3.05) is 36.0 Å². The topological polar surface area (TPSA) is 84.0 Å². The van der Waals surface area contributed by atoms with Gasteiger partial charge < -0.3 is 19.1 Å². The van der Waals surface area contributed by atoms with E-state index in [0.29, 0.717) is 30.2 Å². The number of aromatic nitrogens is 4. The van der Waals surface area contributed by atoms with Crippen LogP contribution in [0.3, 0.4) is 0 Å². The summed E-state index contributed by atoms with van der Waals surface area (Å²) in [4.78, 5) is 19.4. The van der Waals surface area contributed by atoms with E-state index in [4.69, 9.17) is 9.84 Å². The molecule has 1 amide bonds. The summed E-state index contributed by atoms with van der Waals surface area (Å²) in [6, 6.07) is 39.2. The van der Waals surface area contributed by atoms with Gasteiger partial charge in [-0.3, -0.25) is 4.79 Å². The average Bonchev–Trinajstić information content (AvgIpc) is 3.91. The Morgan fingerprint density at radius 3 is 2.02 bits per heavy atom. The number of nitrogens with zero attached hydrogens (tertiary/aromatic N) is 8. The smallest absolute Gasteiger partial charge is 0.275 e. The van der Waals surface area contributed by atoms with Crippen LogP contribution in [0.15, 0.2) is 133 Å². The van der Waals surface area contributed by atoms with Crippen LogP contribution in [0, 0.1) is 0 Å². The van der Waals surface area contributed by atoms with E-state index >= 15 is 0 Å². The van der Waals surface area contributed by atoms with Crippen molar-refractivity contribution in [3.8, 4) is 11.5 Å². The van der Waals surface area contributed by atoms with Crippen LogP contribution in [-0.2, 0) is 18.6 Å². The molecule has 7 aromatic rings. The lowest BCUT2D eigenvalue weighted by Crippen LogP contribution is -2.44. The lowest BCUT2D eigenvalue weighted by Gasteiger charge is -2.42. The van der Waals surface area contributed by atoms with Crippen LogP contribution in [0.1, 0.15) is 71.6 Å². The van der Waals surface area contributed by atoms with Gasteiger partial charge in [-0.1, -0.05) is 84.1 Å². The molecule has 9 rings (SSSR count). The fraction of sp³-hybridized carbons (Fsp3) is 0.234. The highest BCUT2D eigenvalue weighted by molar-refractivity contribution is 6.04. The molecule has 1 spiro atoms. The van der Waals surface area contributed by atoms with Gasteiger partial charge in [0.15, 0.2) is 0 Å². The largest absolute Gasteiger partial charge is 0.456 e. The van der Waals surface area contributed by atoms with Gasteiger partial charge in [-0.2, -0.15) is 5.10 Å². The van der Waals surface area contributed by atoms with Crippen molar-refractivity contribution in [1.82, 2.24) is 24.6 Å². The van der Waals surface area contributed by atoms with E-state index in [1.165, 1.54) is 5.56 Å².